The molecule has 0 bridgehead atoms. The Morgan fingerprint density at radius 1 is 1.22 bits per heavy atom. The highest BCUT2D eigenvalue weighted by Crippen LogP contribution is 2.33. The second-order valence-electron chi connectivity index (χ2n) is 5.69. The van der Waals surface area contributed by atoms with Crippen molar-refractivity contribution >= 4 is 5.69 Å². The molecule has 1 saturated carbocycles. The molecule has 1 aliphatic rings. The van der Waals surface area contributed by atoms with Gasteiger partial charge in [-0.05, 0) is 61.9 Å². The van der Waals surface area contributed by atoms with Gasteiger partial charge in [0.25, 0.3) is 0 Å². The fourth-order valence-corrected chi connectivity index (χ4v) is 2.36. The third kappa shape index (κ3) is 4.69. The highest BCUT2D eigenvalue weighted by atomic mass is 14.8. The van der Waals surface area contributed by atoms with Gasteiger partial charge in [-0.2, -0.15) is 0 Å². The lowest BCUT2D eigenvalue weighted by Crippen LogP contribution is -2.18. The lowest BCUT2D eigenvalue weighted by molar-refractivity contribution is 0.557. The van der Waals surface area contributed by atoms with Gasteiger partial charge in [0.1, 0.15) is 0 Å². The molecule has 0 aliphatic heterocycles. The smallest absolute Gasteiger partial charge is 0.0314 e. The highest BCUT2D eigenvalue weighted by molar-refractivity contribution is 5.40. The number of rotatable bonds is 8. The Morgan fingerprint density at radius 2 is 1.94 bits per heavy atom. The van der Waals surface area contributed by atoms with Crippen molar-refractivity contribution in [2.24, 2.45) is 5.92 Å². The molecule has 1 aliphatic carbocycles. The molecule has 1 aromatic rings. The van der Waals surface area contributed by atoms with Crippen molar-refractivity contribution in [3.05, 3.63) is 29.8 Å². The van der Waals surface area contributed by atoms with Crippen molar-refractivity contribution in [3.63, 3.8) is 0 Å². The van der Waals surface area contributed by atoms with Crippen LogP contribution in [-0.4, -0.2) is 13.1 Å². The summed E-state index contributed by atoms with van der Waals surface area (Å²) in [5, 5.41) is 3.56. The highest BCUT2D eigenvalue weighted by Gasteiger charge is 2.19. The maximum Gasteiger partial charge on any atom is 0.0314 e. The normalized spacial score (nSPS) is 16.7. The molecule has 0 radical (unpaired) electrons. The molecule has 3 N–H and O–H groups in total. The van der Waals surface area contributed by atoms with Gasteiger partial charge in [-0.15, -0.1) is 0 Å². The lowest BCUT2D eigenvalue weighted by Gasteiger charge is -2.12. The van der Waals surface area contributed by atoms with Crippen LogP contribution in [0.25, 0.3) is 0 Å². The third-order valence-corrected chi connectivity index (χ3v) is 3.92. The predicted molar refractivity (Wildman–Crippen MR) is 78.7 cm³/mol. The number of hydrogen-bond acceptors (Lipinski definition) is 2. The summed E-state index contributed by atoms with van der Waals surface area (Å²) in [6.07, 6.45) is 6.94. The van der Waals surface area contributed by atoms with E-state index in [0.717, 1.165) is 18.2 Å². The first-order chi connectivity index (χ1) is 8.75. The van der Waals surface area contributed by atoms with Gasteiger partial charge in [0, 0.05) is 5.69 Å². The molecule has 2 rings (SSSR count). The first-order valence-electron chi connectivity index (χ1n) is 7.32. The van der Waals surface area contributed by atoms with Crippen LogP contribution in [-0.2, 0) is 0 Å². The Bertz CT molecular complexity index is 341. The van der Waals surface area contributed by atoms with Crippen LogP contribution in [0.2, 0.25) is 0 Å². The van der Waals surface area contributed by atoms with E-state index in [-0.39, 0.29) is 0 Å². The summed E-state index contributed by atoms with van der Waals surface area (Å²) in [6.45, 7) is 4.60. The minimum atomic E-state index is 0.613. The zero-order valence-corrected chi connectivity index (χ0v) is 11.5. The summed E-state index contributed by atoms with van der Waals surface area (Å²) in [4.78, 5) is 0. The number of nitrogens with one attached hydrogen (secondary N) is 1. The van der Waals surface area contributed by atoms with E-state index in [2.05, 4.69) is 24.4 Å². The van der Waals surface area contributed by atoms with Crippen LogP contribution in [0, 0.1) is 5.92 Å². The van der Waals surface area contributed by atoms with E-state index >= 15 is 0 Å². The van der Waals surface area contributed by atoms with Gasteiger partial charge in [0.05, 0.1) is 0 Å². The number of benzene rings is 1. The van der Waals surface area contributed by atoms with Gasteiger partial charge in [-0.25, -0.2) is 0 Å². The Balaban J connectivity index is 1.56. The first kappa shape index (κ1) is 13.4. The van der Waals surface area contributed by atoms with E-state index < -0.39 is 0 Å². The van der Waals surface area contributed by atoms with Crippen LogP contribution in [0.1, 0.15) is 50.5 Å². The van der Waals surface area contributed by atoms with Crippen LogP contribution in [0.5, 0.6) is 0 Å². The molecule has 0 aromatic heterocycles. The summed E-state index contributed by atoms with van der Waals surface area (Å²) in [7, 11) is 0. The minimum Gasteiger partial charge on any atom is -0.399 e. The molecule has 0 amide bonds. The quantitative estimate of drug-likeness (QED) is 0.544. The molecule has 1 atom stereocenters. The summed E-state index contributed by atoms with van der Waals surface area (Å²) < 4.78 is 0. The van der Waals surface area contributed by atoms with Crippen molar-refractivity contribution in [2.75, 3.05) is 18.8 Å². The standard InChI is InChI=1S/C16H26N2/c1-13(15-6-8-16(17)9-7-15)10-12-18-11-2-3-14-4-5-14/h6-9,13-14,18H,2-5,10-12,17H2,1H3. The van der Waals surface area contributed by atoms with E-state index in [0.29, 0.717) is 5.92 Å². The van der Waals surface area contributed by atoms with Crippen molar-refractivity contribution < 1.29 is 0 Å². The van der Waals surface area contributed by atoms with E-state index in [4.69, 9.17) is 5.73 Å². The molecule has 18 heavy (non-hydrogen) atoms. The zero-order valence-electron chi connectivity index (χ0n) is 11.5. The largest absolute Gasteiger partial charge is 0.399 e. The maximum atomic E-state index is 5.70. The molecule has 0 spiro atoms. The zero-order chi connectivity index (χ0) is 12.8. The van der Waals surface area contributed by atoms with Crippen molar-refractivity contribution in [3.8, 4) is 0 Å². The average molecular weight is 246 g/mol. The first-order valence-corrected chi connectivity index (χ1v) is 7.32. The molecular formula is C16H26N2. The Morgan fingerprint density at radius 3 is 2.61 bits per heavy atom. The second-order valence-corrected chi connectivity index (χ2v) is 5.69. The number of nitrogen functional groups attached to an aromatic ring is 1. The number of nitrogens with two attached hydrogens (primary N) is 1. The fourth-order valence-electron chi connectivity index (χ4n) is 2.36. The Labute approximate surface area is 111 Å². The molecule has 2 nitrogen and oxygen atoms in total. The van der Waals surface area contributed by atoms with Crippen LogP contribution in [0.3, 0.4) is 0 Å². The Kier molecular flexibility index (Phi) is 5.06. The number of hydrogen-bond donors (Lipinski definition) is 2. The lowest BCUT2D eigenvalue weighted by atomic mass is 9.97. The molecule has 1 fully saturated rings. The third-order valence-electron chi connectivity index (χ3n) is 3.92. The SMILES string of the molecule is CC(CCNCCCC1CC1)c1ccc(N)cc1. The summed E-state index contributed by atoms with van der Waals surface area (Å²) in [5.41, 5.74) is 7.94. The summed E-state index contributed by atoms with van der Waals surface area (Å²) in [5.74, 6) is 1.68. The molecule has 1 unspecified atom stereocenters. The van der Waals surface area contributed by atoms with Gasteiger partial charge < -0.3 is 11.1 Å². The average Bonchev–Trinajstić information content (AvgIpc) is 3.18. The van der Waals surface area contributed by atoms with Crippen molar-refractivity contribution in [1.82, 2.24) is 5.32 Å². The molecule has 0 saturated heterocycles. The minimum absolute atomic E-state index is 0.613. The van der Waals surface area contributed by atoms with Crippen LogP contribution in [0.4, 0.5) is 5.69 Å². The van der Waals surface area contributed by atoms with Crippen molar-refractivity contribution in [1.29, 1.82) is 0 Å². The summed E-state index contributed by atoms with van der Waals surface area (Å²) in [6, 6.07) is 8.28. The maximum absolute atomic E-state index is 5.70. The second kappa shape index (κ2) is 6.79. The van der Waals surface area contributed by atoms with Gasteiger partial charge in [0.15, 0.2) is 0 Å². The van der Waals surface area contributed by atoms with Crippen LogP contribution >= 0.6 is 0 Å². The van der Waals surface area contributed by atoms with E-state index in [1.165, 1.54) is 44.2 Å². The van der Waals surface area contributed by atoms with E-state index in [1.54, 1.807) is 0 Å². The van der Waals surface area contributed by atoms with Gasteiger partial charge >= 0.3 is 0 Å². The van der Waals surface area contributed by atoms with Gasteiger partial charge in [-0.3, -0.25) is 0 Å². The molecule has 1 aromatic carbocycles. The van der Waals surface area contributed by atoms with Crippen LogP contribution in [0.15, 0.2) is 24.3 Å². The van der Waals surface area contributed by atoms with Gasteiger partial charge in [0.2, 0.25) is 0 Å². The summed E-state index contributed by atoms with van der Waals surface area (Å²) >= 11 is 0. The van der Waals surface area contributed by atoms with E-state index in [1.807, 2.05) is 12.1 Å². The topological polar surface area (TPSA) is 38.0 Å². The monoisotopic (exact) mass is 246 g/mol. The van der Waals surface area contributed by atoms with Crippen LogP contribution < -0.4 is 11.1 Å². The van der Waals surface area contributed by atoms with E-state index in [9.17, 15) is 0 Å². The molecule has 100 valence electrons. The Hall–Kier alpha value is -1.02. The van der Waals surface area contributed by atoms with Crippen molar-refractivity contribution in [2.45, 2.75) is 44.9 Å². The fraction of sp³-hybridized carbons (Fsp3) is 0.625. The molecule has 0 heterocycles. The molecular weight excluding hydrogens is 220 g/mol. The number of anilines is 1. The van der Waals surface area contributed by atoms with Gasteiger partial charge in [-0.1, -0.05) is 31.9 Å². The molecule has 2 heteroatoms. The predicted octanol–water partition coefficient (Wildman–Crippen LogP) is 3.54.